The van der Waals surface area contributed by atoms with Gasteiger partial charge in [0.2, 0.25) is 5.91 Å². The van der Waals surface area contributed by atoms with Crippen molar-refractivity contribution in [3.63, 3.8) is 0 Å². The van der Waals surface area contributed by atoms with Crippen molar-refractivity contribution < 1.29 is 9.18 Å². The summed E-state index contributed by atoms with van der Waals surface area (Å²) >= 11 is 0. The Balaban J connectivity index is 2.12. The van der Waals surface area contributed by atoms with E-state index in [2.05, 4.69) is 17.2 Å². The van der Waals surface area contributed by atoms with Crippen molar-refractivity contribution in [1.82, 2.24) is 0 Å². The molecule has 0 radical (unpaired) electrons. The first-order valence-corrected chi connectivity index (χ1v) is 6.85. The van der Waals surface area contributed by atoms with Gasteiger partial charge in [-0.15, -0.1) is 0 Å². The van der Waals surface area contributed by atoms with Gasteiger partial charge in [-0.05, 0) is 31.0 Å². The van der Waals surface area contributed by atoms with Crippen LogP contribution in [-0.4, -0.2) is 12.5 Å². The van der Waals surface area contributed by atoms with Crippen LogP contribution in [0.4, 0.5) is 10.1 Å². The Morgan fingerprint density at radius 2 is 2.15 bits per heavy atom. The molecule has 0 saturated heterocycles. The second-order valence-electron chi connectivity index (χ2n) is 5.42. The number of anilines is 1. The molecular weight excluding hydrogens is 255 g/mol. The average Bonchev–Trinajstić information content (AvgIpc) is 2.87. The molecule has 1 aromatic carbocycles. The number of carbonyl (C=O) groups excluding carboxylic acids is 1. The Hall–Kier alpha value is -1.86. The molecule has 3 nitrogen and oxygen atoms in total. The van der Waals surface area contributed by atoms with Crippen LogP contribution in [0.2, 0.25) is 0 Å². The van der Waals surface area contributed by atoms with Crippen molar-refractivity contribution in [3.05, 3.63) is 29.6 Å². The fourth-order valence-corrected chi connectivity index (χ4v) is 2.50. The number of rotatable bonds is 2. The molecule has 0 aliphatic heterocycles. The summed E-state index contributed by atoms with van der Waals surface area (Å²) in [5.41, 5.74) is 5.66. The summed E-state index contributed by atoms with van der Waals surface area (Å²) in [5, 5.41) is 2.69. The molecule has 106 valence electrons. The first-order chi connectivity index (χ1) is 9.55. The van der Waals surface area contributed by atoms with Gasteiger partial charge in [0, 0.05) is 11.0 Å². The summed E-state index contributed by atoms with van der Waals surface area (Å²) in [6.45, 7) is 2.17. The summed E-state index contributed by atoms with van der Waals surface area (Å²) in [6.07, 6.45) is 3.83. The minimum atomic E-state index is -0.469. The Morgan fingerprint density at radius 1 is 1.45 bits per heavy atom. The van der Waals surface area contributed by atoms with Crippen molar-refractivity contribution in [1.29, 1.82) is 0 Å². The maximum absolute atomic E-state index is 13.9. The van der Waals surface area contributed by atoms with Crippen LogP contribution in [0.3, 0.4) is 0 Å². The van der Waals surface area contributed by atoms with Crippen LogP contribution in [-0.2, 0) is 4.79 Å². The van der Waals surface area contributed by atoms with E-state index in [0.717, 1.165) is 25.7 Å². The zero-order valence-electron chi connectivity index (χ0n) is 11.6. The molecular formula is C16H19FN2O. The van der Waals surface area contributed by atoms with E-state index in [4.69, 9.17) is 5.73 Å². The van der Waals surface area contributed by atoms with Gasteiger partial charge in [-0.3, -0.25) is 4.79 Å². The molecule has 1 aliphatic carbocycles. The molecule has 1 aliphatic rings. The maximum atomic E-state index is 13.9. The van der Waals surface area contributed by atoms with Gasteiger partial charge in [0.15, 0.2) is 0 Å². The number of hydrogen-bond acceptors (Lipinski definition) is 2. The number of nitrogens with one attached hydrogen (secondary N) is 1. The molecule has 20 heavy (non-hydrogen) atoms. The minimum absolute atomic E-state index is 0.102. The predicted octanol–water partition coefficient (Wildman–Crippen LogP) is 2.65. The Kier molecular flexibility index (Phi) is 4.41. The van der Waals surface area contributed by atoms with E-state index < -0.39 is 5.82 Å². The van der Waals surface area contributed by atoms with E-state index in [-0.39, 0.29) is 23.6 Å². The monoisotopic (exact) mass is 274 g/mol. The molecule has 0 atom stereocenters. The van der Waals surface area contributed by atoms with Gasteiger partial charge in [0.05, 0.1) is 12.2 Å². The van der Waals surface area contributed by atoms with E-state index in [1.165, 1.54) is 6.07 Å². The molecule has 0 spiro atoms. The van der Waals surface area contributed by atoms with Gasteiger partial charge in [0.25, 0.3) is 0 Å². The largest absolute Gasteiger partial charge is 0.323 e. The maximum Gasteiger partial charge on any atom is 0.230 e. The Bertz CT molecular complexity index is 566. The number of amides is 1. The highest BCUT2D eigenvalue weighted by atomic mass is 19.1. The normalized spacial score (nSPS) is 16.4. The van der Waals surface area contributed by atoms with Crippen molar-refractivity contribution in [2.45, 2.75) is 32.6 Å². The summed E-state index contributed by atoms with van der Waals surface area (Å²) in [6, 6.07) is 4.54. The smallest absolute Gasteiger partial charge is 0.230 e. The van der Waals surface area contributed by atoms with Crippen molar-refractivity contribution in [3.8, 4) is 11.8 Å². The fourth-order valence-electron chi connectivity index (χ4n) is 2.50. The highest BCUT2D eigenvalue weighted by Crippen LogP contribution is 2.38. The summed E-state index contributed by atoms with van der Waals surface area (Å²) < 4.78 is 13.9. The lowest BCUT2D eigenvalue weighted by atomic mass is 9.88. The molecule has 4 heteroatoms. The number of carbonyl (C=O) groups is 1. The van der Waals surface area contributed by atoms with E-state index in [0.29, 0.717) is 5.56 Å². The van der Waals surface area contributed by atoms with Gasteiger partial charge in [-0.1, -0.05) is 31.6 Å². The number of nitrogens with two attached hydrogens (primary N) is 1. The number of halogens is 1. The molecule has 0 unspecified atom stereocenters. The number of benzene rings is 1. The molecule has 0 bridgehead atoms. The van der Waals surface area contributed by atoms with Crippen LogP contribution >= 0.6 is 0 Å². The van der Waals surface area contributed by atoms with E-state index in [1.54, 1.807) is 12.1 Å². The lowest BCUT2D eigenvalue weighted by molar-refractivity contribution is -0.124. The quantitative estimate of drug-likeness (QED) is 0.815. The van der Waals surface area contributed by atoms with Crippen LogP contribution in [0.15, 0.2) is 18.2 Å². The molecule has 1 saturated carbocycles. The zero-order valence-corrected chi connectivity index (χ0v) is 11.6. The molecule has 1 aromatic rings. The SMILES string of the molecule is CC1(C(=O)Nc2ccc(C#CCN)cc2F)CCCC1. The molecule has 1 amide bonds. The standard InChI is InChI=1S/C16H19FN2O/c1-16(8-2-3-9-16)15(20)19-14-7-6-12(5-4-10-18)11-13(14)17/h6-7,11H,2-3,8-10,18H2,1H3,(H,19,20). The number of hydrogen-bond donors (Lipinski definition) is 2. The van der Waals surface area contributed by atoms with E-state index in [9.17, 15) is 9.18 Å². The highest BCUT2D eigenvalue weighted by Gasteiger charge is 2.36. The lowest BCUT2D eigenvalue weighted by Crippen LogP contribution is -2.31. The minimum Gasteiger partial charge on any atom is -0.323 e. The Morgan fingerprint density at radius 3 is 2.75 bits per heavy atom. The van der Waals surface area contributed by atoms with Gasteiger partial charge in [-0.2, -0.15) is 0 Å². The van der Waals surface area contributed by atoms with Crippen molar-refractivity contribution in [2.24, 2.45) is 11.1 Å². The third-order valence-electron chi connectivity index (χ3n) is 3.81. The van der Waals surface area contributed by atoms with Crippen LogP contribution in [0.5, 0.6) is 0 Å². The third-order valence-corrected chi connectivity index (χ3v) is 3.81. The second kappa shape index (κ2) is 6.06. The predicted molar refractivity (Wildman–Crippen MR) is 77.5 cm³/mol. The average molecular weight is 274 g/mol. The summed E-state index contributed by atoms with van der Waals surface area (Å²) in [5.74, 6) is 4.86. The molecule has 0 heterocycles. The summed E-state index contributed by atoms with van der Waals surface area (Å²) in [4.78, 5) is 12.2. The lowest BCUT2D eigenvalue weighted by Gasteiger charge is -2.22. The van der Waals surface area contributed by atoms with Crippen LogP contribution < -0.4 is 11.1 Å². The molecule has 1 fully saturated rings. The van der Waals surface area contributed by atoms with Crippen LogP contribution in [0.1, 0.15) is 38.2 Å². The highest BCUT2D eigenvalue weighted by molar-refractivity contribution is 5.95. The third kappa shape index (κ3) is 3.17. The Labute approximate surface area is 118 Å². The van der Waals surface area contributed by atoms with E-state index >= 15 is 0 Å². The zero-order chi connectivity index (χ0) is 14.6. The topological polar surface area (TPSA) is 55.1 Å². The summed E-state index contributed by atoms with van der Waals surface area (Å²) in [7, 11) is 0. The second-order valence-corrected chi connectivity index (χ2v) is 5.42. The van der Waals surface area contributed by atoms with Gasteiger partial charge in [-0.25, -0.2) is 4.39 Å². The van der Waals surface area contributed by atoms with Crippen molar-refractivity contribution >= 4 is 11.6 Å². The van der Waals surface area contributed by atoms with Crippen molar-refractivity contribution in [2.75, 3.05) is 11.9 Å². The first kappa shape index (κ1) is 14.5. The molecule has 0 aromatic heterocycles. The fraction of sp³-hybridized carbons (Fsp3) is 0.438. The van der Waals surface area contributed by atoms with Gasteiger partial charge >= 0.3 is 0 Å². The molecule has 3 N–H and O–H groups in total. The first-order valence-electron chi connectivity index (χ1n) is 6.85. The van der Waals surface area contributed by atoms with Gasteiger partial charge < -0.3 is 11.1 Å². The van der Waals surface area contributed by atoms with Gasteiger partial charge in [0.1, 0.15) is 5.82 Å². The molecule has 2 rings (SSSR count). The van der Waals surface area contributed by atoms with Crippen LogP contribution in [0, 0.1) is 23.1 Å². The van der Waals surface area contributed by atoms with E-state index in [1.807, 2.05) is 6.92 Å². The van der Waals surface area contributed by atoms with Crippen LogP contribution in [0.25, 0.3) is 0 Å².